The van der Waals surface area contributed by atoms with Crippen LogP contribution in [0.1, 0.15) is 54.6 Å². The van der Waals surface area contributed by atoms with Crippen LogP contribution in [0.2, 0.25) is 0 Å². The van der Waals surface area contributed by atoms with Crippen LogP contribution >= 0.6 is 15.9 Å². The number of nitrogens with one attached hydrogen (secondary N) is 1. The average Bonchev–Trinajstić information content (AvgIpc) is 2.97. The highest BCUT2D eigenvalue weighted by atomic mass is 79.9. The highest BCUT2D eigenvalue weighted by molar-refractivity contribution is 9.10. The molecule has 124 valence electrons. The number of halogens is 1. The number of carbonyl (C=O) groups excluding carboxylic acids is 1. The number of benzene rings is 1. The van der Waals surface area contributed by atoms with Crippen molar-refractivity contribution >= 4 is 33.1 Å². The molecule has 1 heterocycles. The minimum atomic E-state index is 0.630. The normalized spacial score (nSPS) is 17.7. The number of aromatic amines is 1. The van der Waals surface area contributed by atoms with Gasteiger partial charge < -0.3 is 9.88 Å². The third kappa shape index (κ3) is 3.11. The maximum Gasteiger partial charge on any atom is 0.152 e. The molecule has 1 N–H and O–H groups in total. The fourth-order valence-electron chi connectivity index (χ4n) is 3.92. The zero-order chi connectivity index (χ0) is 16.4. The Morgan fingerprint density at radius 2 is 2.09 bits per heavy atom. The van der Waals surface area contributed by atoms with Gasteiger partial charge in [0.1, 0.15) is 0 Å². The Balaban J connectivity index is 1.96. The monoisotopic (exact) mass is 376 g/mol. The first kappa shape index (κ1) is 16.7. The molecule has 1 aliphatic rings. The first-order valence-electron chi connectivity index (χ1n) is 8.70. The molecule has 1 aromatic carbocycles. The molecule has 23 heavy (non-hydrogen) atoms. The Kier molecular flexibility index (Phi) is 5.22. The van der Waals surface area contributed by atoms with E-state index in [1.54, 1.807) is 0 Å². The maximum absolute atomic E-state index is 11.3. The zero-order valence-corrected chi connectivity index (χ0v) is 15.6. The second-order valence-corrected chi connectivity index (χ2v) is 7.34. The van der Waals surface area contributed by atoms with Gasteiger partial charge in [-0.1, -0.05) is 13.8 Å². The van der Waals surface area contributed by atoms with Gasteiger partial charge in [-0.15, -0.1) is 0 Å². The van der Waals surface area contributed by atoms with Gasteiger partial charge in [0.05, 0.1) is 5.52 Å². The van der Waals surface area contributed by atoms with Gasteiger partial charge in [0.15, 0.2) is 6.29 Å². The summed E-state index contributed by atoms with van der Waals surface area (Å²) in [6, 6.07) is 2.86. The predicted molar refractivity (Wildman–Crippen MR) is 99.4 cm³/mol. The van der Waals surface area contributed by atoms with Crippen LogP contribution in [0.15, 0.2) is 16.7 Å². The van der Waals surface area contributed by atoms with E-state index in [-0.39, 0.29) is 0 Å². The minimum absolute atomic E-state index is 0.630. The van der Waals surface area contributed by atoms with Gasteiger partial charge in [-0.3, -0.25) is 4.79 Å². The summed E-state index contributed by atoms with van der Waals surface area (Å²) < 4.78 is 1.15. The van der Waals surface area contributed by atoms with E-state index in [1.165, 1.54) is 43.5 Å². The number of aldehydes is 1. The standard InChI is InChI=1S/C19H25BrN2O/c1-3-7-22(8-4-2)15-5-6-16-13(9-15)10-17-14(12-23)11-21-19(17)18(16)20/h10-12,15,21H,3-9H2,1-2H3. The first-order chi connectivity index (χ1) is 11.2. The van der Waals surface area contributed by atoms with Crippen LogP contribution in [-0.2, 0) is 12.8 Å². The molecule has 1 aliphatic carbocycles. The molecule has 0 amide bonds. The highest BCUT2D eigenvalue weighted by Gasteiger charge is 2.26. The Labute approximate surface area is 146 Å². The molecule has 0 bridgehead atoms. The molecule has 4 heteroatoms. The van der Waals surface area contributed by atoms with Gasteiger partial charge in [0.2, 0.25) is 0 Å². The molecule has 1 atom stereocenters. The van der Waals surface area contributed by atoms with Crippen LogP contribution in [0.25, 0.3) is 10.9 Å². The van der Waals surface area contributed by atoms with Crippen LogP contribution in [0.5, 0.6) is 0 Å². The van der Waals surface area contributed by atoms with Crippen molar-refractivity contribution in [2.75, 3.05) is 13.1 Å². The molecule has 1 unspecified atom stereocenters. The van der Waals surface area contributed by atoms with Crippen molar-refractivity contribution in [3.05, 3.63) is 33.4 Å². The van der Waals surface area contributed by atoms with Gasteiger partial charge in [0.25, 0.3) is 0 Å². The van der Waals surface area contributed by atoms with Crippen LogP contribution in [-0.4, -0.2) is 35.3 Å². The van der Waals surface area contributed by atoms with E-state index in [4.69, 9.17) is 0 Å². The summed E-state index contributed by atoms with van der Waals surface area (Å²) in [6.45, 7) is 6.88. The SMILES string of the molecule is CCCN(CCC)C1CCc2c(cc3c(C=O)c[nH]c3c2Br)C1. The third-order valence-electron chi connectivity index (χ3n) is 4.99. The molecule has 0 fully saturated rings. The zero-order valence-electron chi connectivity index (χ0n) is 14.0. The Hall–Kier alpha value is -1.13. The maximum atomic E-state index is 11.3. The van der Waals surface area contributed by atoms with E-state index in [9.17, 15) is 4.79 Å². The average molecular weight is 377 g/mol. The molecule has 2 aromatic rings. The van der Waals surface area contributed by atoms with E-state index in [0.717, 1.165) is 40.1 Å². The predicted octanol–water partition coefficient (Wildman–Crippen LogP) is 4.72. The second-order valence-electron chi connectivity index (χ2n) is 6.55. The molecule has 0 saturated carbocycles. The van der Waals surface area contributed by atoms with E-state index in [1.807, 2.05) is 6.20 Å². The van der Waals surface area contributed by atoms with Crippen molar-refractivity contribution in [3.8, 4) is 0 Å². The fraction of sp³-hybridized carbons (Fsp3) is 0.526. The summed E-state index contributed by atoms with van der Waals surface area (Å²) in [5, 5.41) is 1.05. The Bertz CT molecular complexity index is 701. The molecule has 0 radical (unpaired) electrons. The summed E-state index contributed by atoms with van der Waals surface area (Å²) in [4.78, 5) is 17.2. The van der Waals surface area contributed by atoms with Crippen LogP contribution in [0, 0.1) is 0 Å². The number of hydrogen-bond acceptors (Lipinski definition) is 2. The molecule has 3 nitrogen and oxygen atoms in total. The smallest absolute Gasteiger partial charge is 0.152 e. The molecule has 1 aromatic heterocycles. The van der Waals surface area contributed by atoms with Crippen molar-refractivity contribution in [2.45, 2.75) is 52.0 Å². The quantitative estimate of drug-likeness (QED) is 0.740. The summed E-state index contributed by atoms with van der Waals surface area (Å²) in [5.74, 6) is 0. The Morgan fingerprint density at radius 3 is 2.74 bits per heavy atom. The molecule has 3 rings (SSSR count). The van der Waals surface area contributed by atoms with Crippen molar-refractivity contribution in [1.82, 2.24) is 9.88 Å². The summed E-state index contributed by atoms with van der Waals surface area (Å²) in [6.07, 6.45) is 8.59. The van der Waals surface area contributed by atoms with E-state index >= 15 is 0 Å². The van der Waals surface area contributed by atoms with Gasteiger partial charge >= 0.3 is 0 Å². The lowest BCUT2D eigenvalue weighted by molar-refractivity contribution is 0.112. The van der Waals surface area contributed by atoms with E-state index < -0.39 is 0 Å². The van der Waals surface area contributed by atoms with Crippen molar-refractivity contribution in [3.63, 3.8) is 0 Å². The molecule has 0 saturated heterocycles. The molecule has 0 spiro atoms. The number of aromatic nitrogens is 1. The fourth-order valence-corrected chi connectivity index (χ4v) is 4.70. The van der Waals surface area contributed by atoms with E-state index in [0.29, 0.717) is 6.04 Å². The number of rotatable bonds is 6. The van der Waals surface area contributed by atoms with Crippen molar-refractivity contribution in [2.24, 2.45) is 0 Å². The number of fused-ring (bicyclic) bond motifs is 2. The van der Waals surface area contributed by atoms with Gasteiger partial charge in [-0.25, -0.2) is 0 Å². The van der Waals surface area contributed by atoms with Gasteiger partial charge in [0, 0.05) is 27.7 Å². The lowest BCUT2D eigenvalue weighted by Gasteiger charge is -2.35. The number of nitrogens with zero attached hydrogens (tertiary/aromatic N) is 1. The lowest BCUT2D eigenvalue weighted by atomic mass is 9.86. The van der Waals surface area contributed by atoms with Crippen LogP contribution < -0.4 is 0 Å². The molecular weight excluding hydrogens is 352 g/mol. The summed E-state index contributed by atoms with van der Waals surface area (Å²) in [5.41, 5.74) is 4.63. The number of hydrogen-bond donors (Lipinski definition) is 1. The lowest BCUT2D eigenvalue weighted by Crippen LogP contribution is -2.40. The van der Waals surface area contributed by atoms with Gasteiger partial charge in [-0.05, 0) is 78.3 Å². The molecule has 0 aliphatic heterocycles. The minimum Gasteiger partial charge on any atom is -0.360 e. The Morgan fingerprint density at radius 1 is 1.35 bits per heavy atom. The first-order valence-corrected chi connectivity index (χ1v) is 9.49. The molecular formula is C19H25BrN2O. The van der Waals surface area contributed by atoms with Crippen molar-refractivity contribution < 1.29 is 4.79 Å². The largest absolute Gasteiger partial charge is 0.360 e. The topological polar surface area (TPSA) is 36.1 Å². The third-order valence-corrected chi connectivity index (χ3v) is 5.87. The van der Waals surface area contributed by atoms with Crippen LogP contribution in [0.3, 0.4) is 0 Å². The number of carbonyl (C=O) groups is 1. The van der Waals surface area contributed by atoms with E-state index in [2.05, 4.69) is 45.7 Å². The summed E-state index contributed by atoms with van der Waals surface area (Å²) in [7, 11) is 0. The highest BCUT2D eigenvalue weighted by Crippen LogP contribution is 2.36. The number of H-pyrrole nitrogens is 1. The van der Waals surface area contributed by atoms with Gasteiger partial charge in [-0.2, -0.15) is 0 Å². The van der Waals surface area contributed by atoms with Crippen LogP contribution in [0.4, 0.5) is 0 Å². The summed E-state index contributed by atoms with van der Waals surface area (Å²) >= 11 is 3.77. The van der Waals surface area contributed by atoms with Crippen molar-refractivity contribution in [1.29, 1.82) is 0 Å². The second kappa shape index (κ2) is 7.18.